The summed E-state index contributed by atoms with van der Waals surface area (Å²) in [4.78, 5) is 11.9. The Bertz CT molecular complexity index is 919. The number of rotatable bonds is 3. The largest absolute Gasteiger partial charge is 0.489 e. The van der Waals surface area contributed by atoms with E-state index in [1.54, 1.807) is 37.3 Å². The van der Waals surface area contributed by atoms with E-state index in [-0.39, 0.29) is 23.8 Å². The van der Waals surface area contributed by atoms with Gasteiger partial charge in [-0.15, -0.1) is 0 Å². The number of carbonyl (C=O) groups is 1. The molecule has 2 aromatic rings. The number of ketones is 1. The van der Waals surface area contributed by atoms with Crippen LogP contribution in [0.5, 0.6) is 5.75 Å². The maximum absolute atomic E-state index is 13.2. The zero-order chi connectivity index (χ0) is 17.5. The van der Waals surface area contributed by atoms with Gasteiger partial charge in [-0.1, -0.05) is 12.1 Å². The standard InChI is InChI=1S/C18H19NO4S/c1-12-4-5-13(2)18(10-12)24(21,22)19-8-9-23-17-7-6-15(14(3)20)11-16(17)19/h4-7,10-11H,8-9H2,1-3H3. The van der Waals surface area contributed by atoms with Crippen LogP contribution in [0.4, 0.5) is 5.69 Å². The van der Waals surface area contributed by atoms with Crippen molar-refractivity contribution in [2.75, 3.05) is 17.5 Å². The van der Waals surface area contributed by atoms with Crippen molar-refractivity contribution >= 4 is 21.5 Å². The van der Waals surface area contributed by atoms with E-state index in [2.05, 4.69) is 0 Å². The van der Waals surface area contributed by atoms with Crippen molar-refractivity contribution in [3.05, 3.63) is 53.1 Å². The summed E-state index contributed by atoms with van der Waals surface area (Å²) >= 11 is 0. The monoisotopic (exact) mass is 345 g/mol. The number of carbonyl (C=O) groups excluding carboxylic acids is 1. The molecule has 3 rings (SSSR count). The van der Waals surface area contributed by atoms with Crippen molar-refractivity contribution in [1.82, 2.24) is 0 Å². The lowest BCUT2D eigenvalue weighted by atomic mass is 10.1. The van der Waals surface area contributed by atoms with Crippen LogP contribution >= 0.6 is 0 Å². The van der Waals surface area contributed by atoms with Gasteiger partial charge in [0.2, 0.25) is 0 Å². The number of hydrogen-bond acceptors (Lipinski definition) is 4. The summed E-state index contributed by atoms with van der Waals surface area (Å²) in [6, 6.07) is 10.2. The van der Waals surface area contributed by atoms with Crippen molar-refractivity contribution in [2.24, 2.45) is 0 Å². The summed E-state index contributed by atoms with van der Waals surface area (Å²) < 4.78 is 33.3. The van der Waals surface area contributed by atoms with Gasteiger partial charge in [0.25, 0.3) is 10.0 Å². The Morgan fingerprint density at radius 3 is 2.58 bits per heavy atom. The van der Waals surface area contributed by atoms with Crippen LogP contribution in [0, 0.1) is 13.8 Å². The number of hydrogen-bond donors (Lipinski definition) is 0. The van der Waals surface area contributed by atoms with Crippen LogP contribution in [0.3, 0.4) is 0 Å². The molecule has 6 heteroatoms. The molecule has 2 aromatic carbocycles. The summed E-state index contributed by atoms with van der Waals surface area (Å²) in [6.45, 7) is 5.58. The summed E-state index contributed by atoms with van der Waals surface area (Å²) in [5, 5.41) is 0. The molecule has 0 amide bonds. The quantitative estimate of drug-likeness (QED) is 0.802. The lowest BCUT2D eigenvalue weighted by molar-refractivity contribution is 0.101. The van der Waals surface area contributed by atoms with Crippen LogP contribution in [0.1, 0.15) is 28.4 Å². The molecular weight excluding hydrogens is 326 g/mol. The minimum atomic E-state index is -3.73. The van der Waals surface area contributed by atoms with Crippen LogP contribution in [-0.2, 0) is 10.0 Å². The Morgan fingerprint density at radius 2 is 1.88 bits per heavy atom. The SMILES string of the molecule is CC(=O)c1ccc2c(c1)N(S(=O)(=O)c1cc(C)ccc1C)CCO2. The number of nitrogens with zero attached hydrogens (tertiary/aromatic N) is 1. The summed E-state index contributed by atoms with van der Waals surface area (Å²) in [7, 11) is -3.73. The molecule has 0 atom stereocenters. The number of sulfonamides is 1. The van der Waals surface area contributed by atoms with Gasteiger partial charge in [0.15, 0.2) is 5.78 Å². The van der Waals surface area contributed by atoms with Gasteiger partial charge in [-0.25, -0.2) is 8.42 Å². The van der Waals surface area contributed by atoms with Gasteiger partial charge in [0.1, 0.15) is 12.4 Å². The highest BCUT2D eigenvalue weighted by Gasteiger charge is 2.31. The first-order chi connectivity index (χ1) is 11.3. The lowest BCUT2D eigenvalue weighted by Crippen LogP contribution is -2.38. The molecule has 0 fully saturated rings. The van der Waals surface area contributed by atoms with Crippen LogP contribution in [0.15, 0.2) is 41.3 Å². The van der Waals surface area contributed by atoms with Gasteiger partial charge in [0, 0.05) is 5.56 Å². The smallest absolute Gasteiger partial charge is 0.264 e. The van der Waals surface area contributed by atoms with Gasteiger partial charge in [0.05, 0.1) is 17.1 Å². The molecule has 0 unspecified atom stereocenters. The van der Waals surface area contributed by atoms with Gasteiger partial charge >= 0.3 is 0 Å². The second kappa shape index (κ2) is 5.94. The second-order valence-corrected chi connectivity index (χ2v) is 7.76. The average molecular weight is 345 g/mol. The number of fused-ring (bicyclic) bond motifs is 1. The molecule has 1 aliphatic rings. The van der Waals surface area contributed by atoms with Gasteiger partial charge in [-0.2, -0.15) is 0 Å². The van der Waals surface area contributed by atoms with Gasteiger partial charge in [-0.05, 0) is 56.2 Å². The number of ether oxygens (including phenoxy) is 1. The molecule has 0 aromatic heterocycles. The summed E-state index contributed by atoms with van der Waals surface area (Å²) in [6.07, 6.45) is 0. The fourth-order valence-electron chi connectivity index (χ4n) is 2.77. The molecule has 1 heterocycles. The number of aryl methyl sites for hydroxylation is 2. The maximum Gasteiger partial charge on any atom is 0.264 e. The Labute approximate surface area is 141 Å². The molecule has 5 nitrogen and oxygen atoms in total. The predicted molar refractivity (Wildman–Crippen MR) is 92.4 cm³/mol. The molecule has 0 bridgehead atoms. The fraction of sp³-hybridized carbons (Fsp3) is 0.278. The normalized spacial score (nSPS) is 14.0. The number of anilines is 1. The minimum absolute atomic E-state index is 0.118. The van der Waals surface area contributed by atoms with Crippen molar-refractivity contribution < 1.29 is 17.9 Å². The Kier molecular flexibility index (Phi) is 4.09. The van der Waals surface area contributed by atoms with E-state index in [0.717, 1.165) is 5.56 Å². The van der Waals surface area contributed by atoms with Crippen LogP contribution in [0.2, 0.25) is 0 Å². The van der Waals surface area contributed by atoms with Crippen LogP contribution < -0.4 is 9.04 Å². The van der Waals surface area contributed by atoms with Crippen molar-refractivity contribution in [3.8, 4) is 5.75 Å². The molecule has 0 spiro atoms. The molecule has 0 N–H and O–H groups in total. The van der Waals surface area contributed by atoms with Gasteiger partial charge in [-0.3, -0.25) is 9.10 Å². The Hall–Kier alpha value is -2.34. The summed E-state index contributed by atoms with van der Waals surface area (Å²) in [5.41, 5.74) is 2.44. The highest BCUT2D eigenvalue weighted by molar-refractivity contribution is 7.92. The van der Waals surface area contributed by atoms with Crippen molar-refractivity contribution in [3.63, 3.8) is 0 Å². The van der Waals surface area contributed by atoms with E-state index in [9.17, 15) is 13.2 Å². The van der Waals surface area contributed by atoms with E-state index in [4.69, 9.17) is 4.74 Å². The third-order valence-electron chi connectivity index (χ3n) is 4.10. The highest BCUT2D eigenvalue weighted by Crippen LogP contribution is 2.36. The fourth-order valence-corrected chi connectivity index (χ4v) is 4.53. The molecule has 1 aliphatic heterocycles. The van der Waals surface area contributed by atoms with E-state index in [1.165, 1.54) is 11.2 Å². The van der Waals surface area contributed by atoms with E-state index in [1.807, 2.05) is 13.0 Å². The first kappa shape index (κ1) is 16.5. The molecular formula is C18H19NO4S. The first-order valence-electron chi connectivity index (χ1n) is 7.68. The molecule has 0 saturated carbocycles. The molecule has 24 heavy (non-hydrogen) atoms. The van der Waals surface area contributed by atoms with Crippen LogP contribution in [-0.4, -0.2) is 27.4 Å². The lowest BCUT2D eigenvalue weighted by Gasteiger charge is -2.31. The van der Waals surface area contributed by atoms with E-state index < -0.39 is 10.0 Å². The Morgan fingerprint density at radius 1 is 1.12 bits per heavy atom. The number of Topliss-reactive ketones (excluding diaryl/α,β-unsaturated/α-hetero) is 1. The average Bonchev–Trinajstić information content (AvgIpc) is 2.55. The van der Waals surface area contributed by atoms with Crippen LogP contribution in [0.25, 0.3) is 0 Å². The van der Waals surface area contributed by atoms with E-state index in [0.29, 0.717) is 22.6 Å². The zero-order valence-corrected chi connectivity index (χ0v) is 14.7. The second-order valence-electron chi connectivity index (χ2n) is 5.93. The minimum Gasteiger partial charge on any atom is -0.489 e. The third kappa shape index (κ3) is 2.78. The summed E-state index contributed by atoms with van der Waals surface area (Å²) in [5.74, 6) is 0.354. The Balaban J connectivity index is 2.16. The van der Waals surface area contributed by atoms with Crippen molar-refractivity contribution in [2.45, 2.75) is 25.7 Å². The highest BCUT2D eigenvalue weighted by atomic mass is 32.2. The molecule has 0 aliphatic carbocycles. The van der Waals surface area contributed by atoms with E-state index >= 15 is 0 Å². The topological polar surface area (TPSA) is 63.7 Å². The molecule has 0 saturated heterocycles. The molecule has 0 radical (unpaired) electrons. The predicted octanol–water partition coefficient (Wildman–Crippen LogP) is 3.09. The van der Waals surface area contributed by atoms with Gasteiger partial charge < -0.3 is 4.74 Å². The molecule has 126 valence electrons. The third-order valence-corrected chi connectivity index (χ3v) is 6.05. The zero-order valence-electron chi connectivity index (χ0n) is 13.9. The maximum atomic E-state index is 13.2. The first-order valence-corrected chi connectivity index (χ1v) is 9.12. The van der Waals surface area contributed by atoms with Crippen molar-refractivity contribution in [1.29, 1.82) is 0 Å². The number of benzene rings is 2.